The molecule has 1 aliphatic heterocycles. The number of nitrogens with one attached hydrogen (secondary N) is 3. The number of anilines is 2. The molecule has 9 heteroatoms. The molecule has 1 atom stereocenters. The van der Waals surface area contributed by atoms with Gasteiger partial charge in [-0.15, -0.1) is 0 Å². The SMILES string of the molecule is O=C(CCn1cncn1)Nc1ccc(NC(=O)NC[C@H]2CCCO2)cc1. The summed E-state index contributed by atoms with van der Waals surface area (Å²) in [5.74, 6) is -0.115. The molecule has 26 heavy (non-hydrogen) atoms. The molecule has 0 spiro atoms. The van der Waals surface area contributed by atoms with Crippen LogP contribution in [0.4, 0.5) is 16.2 Å². The molecule has 1 fully saturated rings. The fraction of sp³-hybridized carbons (Fsp3) is 0.412. The van der Waals surface area contributed by atoms with Crippen LogP contribution in [0.2, 0.25) is 0 Å². The molecule has 2 aromatic rings. The van der Waals surface area contributed by atoms with Gasteiger partial charge < -0.3 is 20.7 Å². The standard InChI is InChI=1S/C17H22N6O3/c24-16(7-8-23-12-18-11-20-23)21-13-3-5-14(6-4-13)22-17(25)19-10-15-2-1-9-26-15/h3-6,11-12,15H,1-2,7-10H2,(H,21,24)(H2,19,22,25)/t15-/m1/s1. The van der Waals surface area contributed by atoms with Crippen molar-refractivity contribution in [1.82, 2.24) is 20.1 Å². The number of carbonyl (C=O) groups excluding carboxylic acids is 2. The number of rotatable bonds is 7. The molecular formula is C17H22N6O3. The molecule has 1 aromatic carbocycles. The maximum absolute atomic E-state index is 11.9. The van der Waals surface area contributed by atoms with E-state index in [4.69, 9.17) is 4.74 Å². The van der Waals surface area contributed by atoms with Crippen LogP contribution in [-0.2, 0) is 16.1 Å². The van der Waals surface area contributed by atoms with Crippen molar-refractivity contribution in [2.24, 2.45) is 0 Å². The van der Waals surface area contributed by atoms with Crippen LogP contribution in [-0.4, -0.2) is 46.0 Å². The summed E-state index contributed by atoms with van der Waals surface area (Å²) >= 11 is 0. The van der Waals surface area contributed by atoms with Crippen molar-refractivity contribution in [1.29, 1.82) is 0 Å². The van der Waals surface area contributed by atoms with E-state index >= 15 is 0 Å². The van der Waals surface area contributed by atoms with Gasteiger partial charge in [0.15, 0.2) is 0 Å². The number of aryl methyl sites for hydroxylation is 1. The molecule has 0 saturated carbocycles. The van der Waals surface area contributed by atoms with Crippen LogP contribution in [0.1, 0.15) is 19.3 Å². The molecule has 3 amide bonds. The summed E-state index contributed by atoms with van der Waals surface area (Å²) in [6.07, 6.45) is 5.43. The van der Waals surface area contributed by atoms with Crippen molar-refractivity contribution in [2.75, 3.05) is 23.8 Å². The van der Waals surface area contributed by atoms with Crippen molar-refractivity contribution >= 4 is 23.3 Å². The second kappa shape index (κ2) is 8.95. The van der Waals surface area contributed by atoms with Crippen LogP contribution in [0.5, 0.6) is 0 Å². The highest BCUT2D eigenvalue weighted by Gasteiger charge is 2.16. The highest BCUT2D eigenvalue weighted by atomic mass is 16.5. The number of carbonyl (C=O) groups is 2. The summed E-state index contributed by atoms with van der Waals surface area (Å²) in [6, 6.07) is 6.67. The topological polar surface area (TPSA) is 110 Å². The molecule has 1 aromatic heterocycles. The average molecular weight is 358 g/mol. The Bertz CT molecular complexity index is 711. The van der Waals surface area contributed by atoms with E-state index in [0.29, 0.717) is 30.9 Å². The maximum atomic E-state index is 11.9. The lowest BCUT2D eigenvalue weighted by atomic mass is 10.2. The summed E-state index contributed by atoms with van der Waals surface area (Å²) < 4.78 is 7.06. The van der Waals surface area contributed by atoms with E-state index in [1.165, 1.54) is 6.33 Å². The van der Waals surface area contributed by atoms with Gasteiger partial charge in [-0.1, -0.05) is 0 Å². The molecule has 0 bridgehead atoms. The van der Waals surface area contributed by atoms with Crippen LogP contribution in [0.25, 0.3) is 0 Å². The van der Waals surface area contributed by atoms with Gasteiger partial charge >= 0.3 is 6.03 Å². The lowest BCUT2D eigenvalue weighted by Gasteiger charge is -2.12. The van der Waals surface area contributed by atoms with E-state index in [1.807, 2.05) is 0 Å². The molecule has 9 nitrogen and oxygen atoms in total. The Morgan fingerprint density at radius 1 is 1.19 bits per heavy atom. The Morgan fingerprint density at radius 2 is 1.96 bits per heavy atom. The number of urea groups is 1. The number of ether oxygens (including phenoxy) is 1. The maximum Gasteiger partial charge on any atom is 0.319 e. The van der Waals surface area contributed by atoms with Crippen LogP contribution in [0, 0.1) is 0 Å². The molecule has 2 heterocycles. The highest BCUT2D eigenvalue weighted by Crippen LogP contribution is 2.14. The summed E-state index contributed by atoms with van der Waals surface area (Å²) in [5, 5.41) is 12.3. The predicted octanol–water partition coefficient (Wildman–Crippen LogP) is 1.61. The van der Waals surface area contributed by atoms with E-state index in [9.17, 15) is 9.59 Å². The Kier molecular flexibility index (Phi) is 6.15. The number of hydrogen-bond donors (Lipinski definition) is 3. The number of benzene rings is 1. The third-order valence-corrected chi connectivity index (χ3v) is 3.98. The van der Waals surface area contributed by atoms with Crippen molar-refractivity contribution in [3.05, 3.63) is 36.9 Å². The van der Waals surface area contributed by atoms with E-state index in [2.05, 4.69) is 26.0 Å². The summed E-state index contributed by atoms with van der Waals surface area (Å²) in [5.41, 5.74) is 1.31. The number of nitrogens with zero attached hydrogens (tertiary/aromatic N) is 3. The van der Waals surface area contributed by atoms with Gasteiger partial charge in [0.05, 0.1) is 12.6 Å². The fourth-order valence-electron chi connectivity index (χ4n) is 2.61. The van der Waals surface area contributed by atoms with E-state index in [1.54, 1.807) is 35.3 Å². The van der Waals surface area contributed by atoms with Crippen LogP contribution >= 0.6 is 0 Å². The van der Waals surface area contributed by atoms with E-state index in [0.717, 1.165) is 19.4 Å². The van der Waals surface area contributed by atoms with Gasteiger partial charge in [0.1, 0.15) is 12.7 Å². The Labute approximate surface area is 151 Å². The average Bonchev–Trinajstić information content (AvgIpc) is 3.34. The quantitative estimate of drug-likeness (QED) is 0.696. The molecule has 3 rings (SSSR count). The van der Waals surface area contributed by atoms with Crippen LogP contribution < -0.4 is 16.0 Å². The molecule has 0 radical (unpaired) electrons. The van der Waals surface area contributed by atoms with Crippen LogP contribution in [0.15, 0.2) is 36.9 Å². The first-order chi connectivity index (χ1) is 12.7. The van der Waals surface area contributed by atoms with Gasteiger partial charge in [0, 0.05) is 30.9 Å². The second-order valence-electron chi connectivity index (χ2n) is 6.00. The lowest BCUT2D eigenvalue weighted by Crippen LogP contribution is -2.35. The zero-order chi connectivity index (χ0) is 18.2. The smallest absolute Gasteiger partial charge is 0.319 e. The fourth-order valence-corrected chi connectivity index (χ4v) is 2.61. The largest absolute Gasteiger partial charge is 0.376 e. The predicted molar refractivity (Wildman–Crippen MR) is 95.7 cm³/mol. The monoisotopic (exact) mass is 358 g/mol. The number of hydrogen-bond acceptors (Lipinski definition) is 5. The second-order valence-corrected chi connectivity index (χ2v) is 6.00. The molecule has 138 valence electrons. The first-order valence-corrected chi connectivity index (χ1v) is 8.58. The Balaban J connectivity index is 1.39. The minimum atomic E-state index is -0.273. The summed E-state index contributed by atoms with van der Waals surface area (Å²) in [4.78, 5) is 27.6. The lowest BCUT2D eigenvalue weighted by molar-refractivity contribution is -0.116. The van der Waals surface area contributed by atoms with E-state index in [-0.39, 0.29) is 18.0 Å². The normalized spacial score (nSPS) is 16.2. The van der Waals surface area contributed by atoms with Gasteiger partial charge in [0.25, 0.3) is 0 Å². The highest BCUT2D eigenvalue weighted by molar-refractivity contribution is 5.92. The van der Waals surface area contributed by atoms with Crippen molar-refractivity contribution in [2.45, 2.75) is 31.9 Å². The number of aromatic nitrogens is 3. The minimum Gasteiger partial charge on any atom is -0.376 e. The molecular weight excluding hydrogens is 336 g/mol. The van der Waals surface area contributed by atoms with Crippen LogP contribution in [0.3, 0.4) is 0 Å². The molecule has 1 saturated heterocycles. The van der Waals surface area contributed by atoms with Gasteiger partial charge in [-0.3, -0.25) is 9.48 Å². The van der Waals surface area contributed by atoms with Crippen molar-refractivity contribution in [3.8, 4) is 0 Å². The van der Waals surface area contributed by atoms with Gasteiger partial charge in [-0.2, -0.15) is 5.10 Å². The zero-order valence-corrected chi connectivity index (χ0v) is 14.4. The third kappa shape index (κ3) is 5.55. The molecule has 0 unspecified atom stereocenters. The number of amides is 3. The minimum absolute atomic E-state index is 0.107. The first-order valence-electron chi connectivity index (χ1n) is 8.58. The molecule has 3 N–H and O–H groups in total. The Hall–Kier alpha value is -2.94. The van der Waals surface area contributed by atoms with Gasteiger partial charge in [-0.05, 0) is 37.1 Å². The molecule has 1 aliphatic rings. The summed E-state index contributed by atoms with van der Waals surface area (Å²) in [7, 11) is 0. The van der Waals surface area contributed by atoms with Gasteiger partial charge in [-0.25, -0.2) is 9.78 Å². The molecule has 0 aliphatic carbocycles. The third-order valence-electron chi connectivity index (χ3n) is 3.98. The first kappa shape index (κ1) is 17.9. The van der Waals surface area contributed by atoms with E-state index < -0.39 is 0 Å². The Morgan fingerprint density at radius 3 is 2.62 bits per heavy atom. The van der Waals surface area contributed by atoms with Crippen molar-refractivity contribution in [3.63, 3.8) is 0 Å². The zero-order valence-electron chi connectivity index (χ0n) is 14.4. The van der Waals surface area contributed by atoms with Crippen molar-refractivity contribution < 1.29 is 14.3 Å². The van der Waals surface area contributed by atoms with Gasteiger partial charge in [0.2, 0.25) is 5.91 Å². The summed E-state index contributed by atoms with van der Waals surface area (Å²) in [6.45, 7) is 1.74.